The zero-order chi connectivity index (χ0) is 26.5. The fourth-order valence-corrected chi connectivity index (χ4v) is 5.29. The van der Waals surface area contributed by atoms with Gasteiger partial charge in [0.2, 0.25) is 0 Å². The number of aromatic nitrogens is 4. The predicted molar refractivity (Wildman–Crippen MR) is 139 cm³/mol. The molecule has 2 aromatic heterocycles. The molecular formula is C27H35FN6O3. The van der Waals surface area contributed by atoms with E-state index in [0.29, 0.717) is 37.6 Å². The fourth-order valence-electron chi connectivity index (χ4n) is 5.29. The first kappa shape index (κ1) is 25.4. The van der Waals surface area contributed by atoms with Crippen molar-refractivity contribution in [3.63, 3.8) is 0 Å². The van der Waals surface area contributed by atoms with E-state index in [0.717, 1.165) is 34.4 Å². The first-order valence-corrected chi connectivity index (χ1v) is 12.9. The molecule has 2 saturated heterocycles. The molecule has 0 saturated carbocycles. The van der Waals surface area contributed by atoms with Gasteiger partial charge < -0.3 is 19.6 Å². The van der Waals surface area contributed by atoms with Crippen LogP contribution in [0, 0.1) is 13.8 Å². The Balaban J connectivity index is 1.44. The van der Waals surface area contributed by atoms with E-state index in [2.05, 4.69) is 20.0 Å². The van der Waals surface area contributed by atoms with Gasteiger partial charge in [-0.05, 0) is 70.7 Å². The molecule has 198 valence electrons. The third-order valence-electron chi connectivity index (χ3n) is 7.06. The van der Waals surface area contributed by atoms with Gasteiger partial charge in [-0.15, -0.1) is 0 Å². The van der Waals surface area contributed by atoms with E-state index in [9.17, 15) is 9.90 Å². The highest BCUT2D eigenvalue weighted by atomic mass is 19.1. The smallest absolute Gasteiger partial charge is 0.410 e. The molecule has 4 heterocycles. The molecule has 5 rings (SSSR count). The summed E-state index contributed by atoms with van der Waals surface area (Å²) in [5.74, 6) is 1.67. The van der Waals surface area contributed by atoms with E-state index in [4.69, 9.17) is 4.74 Å². The second-order valence-corrected chi connectivity index (χ2v) is 11.2. The monoisotopic (exact) mass is 510 g/mol. The van der Waals surface area contributed by atoms with Crippen LogP contribution in [0.4, 0.5) is 15.0 Å². The van der Waals surface area contributed by atoms with Crippen LogP contribution in [0.25, 0.3) is 16.7 Å². The number of rotatable bonds is 3. The van der Waals surface area contributed by atoms with E-state index in [-0.39, 0.29) is 18.6 Å². The van der Waals surface area contributed by atoms with Gasteiger partial charge in [0.15, 0.2) is 5.82 Å². The lowest BCUT2D eigenvalue weighted by molar-refractivity contribution is 0.0111. The van der Waals surface area contributed by atoms with Gasteiger partial charge in [0.25, 0.3) is 0 Å². The highest BCUT2D eigenvalue weighted by Gasteiger charge is 2.35. The summed E-state index contributed by atoms with van der Waals surface area (Å²) in [6.45, 7) is 11.0. The topological polar surface area (TPSA) is 96.6 Å². The van der Waals surface area contributed by atoms with Crippen molar-refractivity contribution in [1.29, 1.82) is 0 Å². The number of carbonyl (C=O) groups excluding carboxylic acids is 1. The maximum absolute atomic E-state index is 15.5. The molecule has 0 radical (unpaired) electrons. The number of halogens is 1. The number of nitrogens with zero attached hydrogens (tertiary/aromatic N) is 6. The Kier molecular flexibility index (Phi) is 6.55. The molecule has 1 N–H and O–H groups in total. The second kappa shape index (κ2) is 9.55. The van der Waals surface area contributed by atoms with Crippen molar-refractivity contribution in [2.45, 2.75) is 71.3 Å². The van der Waals surface area contributed by atoms with Gasteiger partial charge in [0.1, 0.15) is 23.4 Å². The van der Waals surface area contributed by atoms with Gasteiger partial charge in [-0.3, -0.25) is 0 Å². The Morgan fingerprint density at radius 1 is 1.08 bits per heavy atom. The first-order valence-electron chi connectivity index (χ1n) is 12.9. The zero-order valence-corrected chi connectivity index (χ0v) is 22.1. The third-order valence-corrected chi connectivity index (χ3v) is 7.06. The summed E-state index contributed by atoms with van der Waals surface area (Å²) in [5.41, 5.74) is 2.14. The number of fused-ring (bicyclic) bond motifs is 1. The van der Waals surface area contributed by atoms with E-state index < -0.39 is 17.9 Å². The predicted octanol–water partition coefficient (Wildman–Crippen LogP) is 4.07. The number of amides is 1. The molecule has 1 amide bonds. The van der Waals surface area contributed by atoms with Crippen LogP contribution in [0.5, 0.6) is 0 Å². The van der Waals surface area contributed by atoms with Gasteiger partial charge >= 0.3 is 6.09 Å². The normalized spacial score (nSPS) is 22.6. The van der Waals surface area contributed by atoms with Crippen molar-refractivity contribution in [3.8, 4) is 5.82 Å². The van der Waals surface area contributed by atoms with Crippen molar-refractivity contribution in [3.05, 3.63) is 41.3 Å². The minimum absolute atomic E-state index is 0.00642. The number of hydrogen-bond acceptors (Lipinski definition) is 7. The van der Waals surface area contributed by atoms with E-state index in [1.54, 1.807) is 10.9 Å². The summed E-state index contributed by atoms with van der Waals surface area (Å²) in [6, 6.07) is 5.93. The molecule has 9 nitrogen and oxygen atoms in total. The summed E-state index contributed by atoms with van der Waals surface area (Å²) in [4.78, 5) is 25.2. The summed E-state index contributed by atoms with van der Waals surface area (Å²) < 4.78 is 22.7. The van der Waals surface area contributed by atoms with Crippen LogP contribution in [0.1, 0.15) is 56.5 Å². The summed E-state index contributed by atoms with van der Waals surface area (Å²) in [6.07, 6.45) is 0.978. The number of ether oxygens (including phenoxy) is 1. The number of piperidine rings is 1. The Bertz CT molecular complexity index is 1320. The minimum atomic E-state index is -1.21. The highest BCUT2D eigenvalue weighted by Crippen LogP contribution is 2.35. The molecule has 2 fully saturated rings. The lowest BCUT2D eigenvalue weighted by Gasteiger charge is -2.36. The number of hydrogen-bond donors (Lipinski definition) is 1. The Morgan fingerprint density at radius 3 is 2.51 bits per heavy atom. The first-order chi connectivity index (χ1) is 17.5. The highest BCUT2D eigenvalue weighted by molar-refractivity contribution is 5.82. The van der Waals surface area contributed by atoms with Crippen LogP contribution in [-0.4, -0.2) is 79.9 Å². The minimum Gasteiger partial charge on any atom is -0.444 e. The van der Waals surface area contributed by atoms with Crippen molar-refractivity contribution in [2.24, 2.45) is 0 Å². The van der Waals surface area contributed by atoms with E-state index in [1.807, 2.05) is 52.8 Å². The Labute approximate surface area is 216 Å². The largest absolute Gasteiger partial charge is 0.444 e. The number of likely N-dealkylation sites (tertiary alicyclic amines) is 1. The van der Waals surface area contributed by atoms with Crippen LogP contribution >= 0.6 is 0 Å². The maximum atomic E-state index is 15.5. The number of carbonyl (C=O) groups is 1. The van der Waals surface area contributed by atoms with Gasteiger partial charge in [0, 0.05) is 37.0 Å². The maximum Gasteiger partial charge on any atom is 0.410 e. The quantitative estimate of drug-likeness (QED) is 0.567. The molecular weight excluding hydrogens is 475 g/mol. The standard InChI is InChI=1S/C27H35FN6O3/c1-16-10-18-13-29-34(25-12-24(30-17(2)31-25)32-8-6-19(35)14-32)23(18)11-21(16)20-7-9-33(15-22(20)28)26(36)37-27(3,4)5/h10-13,19-20,22,35H,6-9,14-15H2,1-5H3/t19-,20?,22?/m1/s1. The number of anilines is 1. The number of alkyl halides is 1. The van der Waals surface area contributed by atoms with Gasteiger partial charge in [0.05, 0.1) is 24.4 Å². The van der Waals surface area contributed by atoms with Gasteiger partial charge in [-0.25, -0.2) is 23.8 Å². The van der Waals surface area contributed by atoms with Crippen molar-refractivity contribution in [2.75, 3.05) is 31.1 Å². The fraction of sp³-hybridized carbons (Fsp3) is 0.556. The SMILES string of the molecule is Cc1nc(N2CC[C@@H](O)C2)cc(-n2ncc3cc(C)c(C4CCN(C(=O)OC(C)(C)C)CC4F)cc32)n1. The summed E-state index contributed by atoms with van der Waals surface area (Å²) in [5, 5.41) is 15.5. The van der Waals surface area contributed by atoms with Crippen molar-refractivity contribution in [1.82, 2.24) is 24.6 Å². The average molecular weight is 511 g/mol. The molecule has 3 atom stereocenters. The van der Waals surface area contributed by atoms with Crippen LogP contribution < -0.4 is 4.90 Å². The van der Waals surface area contributed by atoms with Crippen LogP contribution in [0.3, 0.4) is 0 Å². The molecule has 0 spiro atoms. The van der Waals surface area contributed by atoms with Gasteiger partial charge in [-0.1, -0.05) is 0 Å². The van der Waals surface area contributed by atoms with Crippen molar-refractivity contribution < 1.29 is 19.0 Å². The van der Waals surface area contributed by atoms with Crippen molar-refractivity contribution >= 4 is 22.8 Å². The number of aryl methyl sites for hydroxylation is 2. The number of aliphatic hydroxyl groups is 1. The lowest BCUT2D eigenvalue weighted by atomic mass is 9.85. The molecule has 10 heteroatoms. The zero-order valence-electron chi connectivity index (χ0n) is 22.1. The van der Waals surface area contributed by atoms with Crippen LogP contribution in [-0.2, 0) is 4.74 Å². The van der Waals surface area contributed by atoms with E-state index in [1.165, 1.54) is 4.90 Å². The van der Waals surface area contributed by atoms with Gasteiger partial charge in [-0.2, -0.15) is 5.10 Å². The second-order valence-electron chi connectivity index (χ2n) is 11.2. The van der Waals surface area contributed by atoms with E-state index >= 15 is 4.39 Å². The molecule has 3 aromatic rings. The average Bonchev–Trinajstić information content (AvgIpc) is 3.43. The molecule has 0 bridgehead atoms. The number of benzene rings is 1. The molecule has 0 aliphatic carbocycles. The Hall–Kier alpha value is -3.27. The lowest BCUT2D eigenvalue weighted by Crippen LogP contribution is -2.46. The molecule has 2 aliphatic heterocycles. The molecule has 2 aliphatic rings. The number of β-amino-alcohol motifs (C(OH)–C–C–N with tert-alkyl or cyclic N) is 1. The Morgan fingerprint density at radius 2 is 1.84 bits per heavy atom. The number of aliphatic hydroxyl groups excluding tert-OH is 1. The van der Waals surface area contributed by atoms with Crippen LogP contribution in [0.2, 0.25) is 0 Å². The van der Waals surface area contributed by atoms with Crippen LogP contribution in [0.15, 0.2) is 24.4 Å². The third kappa shape index (κ3) is 5.25. The molecule has 37 heavy (non-hydrogen) atoms. The summed E-state index contributed by atoms with van der Waals surface area (Å²) in [7, 11) is 0. The summed E-state index contributed by atoms with van der Waals surface area (Å²) >= 11 is 0. The molecule has 2 unspecified atom stereocenters. The molecule has 1 aromatic carbocycles.